The molecule has 0 heterocycles. The van der Waals surface area contributed by atoms with Gasteiger partial charge in [-0.05, 0) is 68.7 Å². The number of nitrogens with one attached hydrogen (secondary N) is 2. The fourth-order valence-corrected chi connectivity index (χ4v) is 4.02. The van der Waals surface area contributed by atoms with Gasteiger partial charge in [-0.25, -0.2) is 8.42 Å². The molecule has 7 nitrogen and oxygen atoms in total. The van der Waals surface area contributed by atoms with E-state index >= 15 is 0 Å². The third-order valence-electron chi connectivity index (χ3n) is 4.60. The normalized spacial score (nSPS) is 11.6. The van der Waals surface area contributed by atoms with Gasteiger partial charge in [0.15, 0.2) is 0 Å². The Balaban J connectivity index is 1.97. The van der Waals surface area contributed by atoms with Gasteiger partial charge in [0.1, 0.15) is 0 Å². The van der Waals surface area contributed by atoms with Crippen molar-refractivity contribution in [1.82, 2.24) is 9.62 Å². The van der Waals surface area contributed by atoms with Gasteiger partial charge < -0.3 is 10.6 Å². The van der Waals surface area contributed by atoms with Crippen molar-refractivity contribution in [3.63, 3.8) is 0 Å². The third-order valence-corrected chi connectivity index (χ3v) is 6.40. The lowest BCUT2D eigenvalue weighted by atomic mass is 10.1. The van der Waals surface area contributed by atoms with Crippen LogP contribution < -0.4 is 10.6 Å². The number of rotatable bonds is 8. The van der Waals surface area contributed by atoms with Crippen molar-refractivity contribution < 1.29 is 18.0 Å². The number of nitrogens with zero attached hydrogens (tertiary/aromatic N) is 1. The number of anilines is 1. The van der Waals surface area contributed by atoms with Crippen molar-refractivity contribution in [3.05, 3.63) is 59.2 Å². The van der Waals surface area contributed by atoms with E-state index in [9.17, 15) is 18.0 Å². The summed E-state index contributed by atoms with van der Waals surface area (Å²) >= 11 is 0. The predicted octanol–water partition coefficient (Wildman–Crippen LogP) is 2.63. The summed E-state index contributed by atoms with van der Waals surface area (Å²) in [6.45, 7) is 7.23. The van der Waals surface area contributed by atoms with E-state index in [0.29, 0.717) is 5.69 Å². The second kappa shape index (κ2) is 9.86. The maximum atomic E-state index is 12.7. The summed E-state index contributed by atoms with van der Waals surface area (Å²) in [4.78, 5) is 24.3. The lowest BCUT2D eigenvalue weighted by Crippen LogP contribution is -2.35. The van der Waals surface area contributed by atoms with E-state index in [-0.39, 0.29) is 29.8 Å². The second-order valence-corrected chi connectivity index (χ2v) is 9.70. The Morgan fingerprint density at radius 2 is 1.60 bits per heavy atom. The topological polar surface area (TPSA) is 95.6 Å². The molecule has 0 aliphatic carbocycles. The van der Waals surface area contributed by atoms with Crippen LogP contribution in [-0.4, -0.2) is 44.2 Å². The smallest absolute Gasteiger partial charge is 0.243 e. The lowest BCUT2D eigenvalue weighted by molar-refractivity contribution is -0.121. The molecule has 0 aliphatic heterocycles. The molecule has 0 bridgehead atoms. The predicted molar refractivity (Wildman–Crippen MR) is 118 cm³/mol. The molecule has 2 aromatic carbocycles. The highest BCUT2D eigenvalue weighted by molar-refractivity contribution is 7.89. The van der Waals surface area contributed by atoms with Crippen molar-refractivity contribution in [1.29, 1.82) is 0 Å². The molecule has 8 heteroatoms. The van der Waals surface area contributed by atoms with Gasteiger partial charge in [-0.3, -0.25) is 9.59 Å². The number of carbonyl (C=O) groups excluding carboxylic acids is 2. The molecule has 162 valence electrons. The van der Waals surface area contributed by atoms with Crippen LogP contribution in [0.3, 0.4) is 0 Å². The fraction of sp³-hybridized carbons (Fsp3) is 0.364. The van der Waals surface area contributed by atoms with E-state index in [1.807, 2.05) is 27.7 Å². The minimum absolute atomic E-state index is 0.0695. The average Bonchev–Trinajstić information content (AvgIpc) is 2.64. The van der Waals surface area contributed by atoms with E-state index in [1.165, 1.54) is 7.05 Å². The van der Waals surface area contributed by atoms with Gasteiger partial charge in [-0.15, -0.1) is 0 Å². The first-order valence-corrected chi connectivity index (χ1v) is 11.1. The van der Waals surface area contributed by atoms with Gasteiger partial charge in [0.25, 0.3) is 0 Å². The zero-order chi connectivity index (χ0) is 22.5. The van der Waals surface area contributed by atoms with E-state index in [2.05, 4.69) is 10.6 Å². The summed E-state index contributed by atoms with van der Waals surface area (Å²) in [5, 5.41) is 5.51. The fourth-order valence-electron chi connectivity index (χ4n) is 2.81. The lowest BCUT2D eigenvalue weighted by Gasteiger charge is -2.17. The number of likely N-dealkylation sites (N-methyl/N-ethyl adjacent to an activating group) is 1. The number of carbonyl (C=O) groups is 2. The summed E-state index contributed by atoms with van der Waals surface area (Å²) < 4.78 is 26.5. The van der Waals surface area contributed by atoms with Crippen molar-refractivity contribution in [3.8, 4) is 0 Å². The highest BCUT2D eigenvalue weighted by Crippen LogP contribution is 2.18. The number of hydrogen-bond donors (Lipinski definition) is 2. The Hall–Kier alpha value is -2.71. The zero-order valence-corrected chi connectivity index (χ0v) is 18.8. The Morgan fingerprint density at radius 1 is 0.967 bits per heavy atom. The number of benzene rings is 2. The molecular formula is C22H29N3O4S. The average molecular weight is 432 g/mol. The Morgan fingerprint density at radius 3 is 2.17 bits per heavy atom. The minimum Gasteiger partial charge on any atom is -0.354 e. The quantitative estimate of drug-likeness (QED) is 0.672. The molecule has 2 rings (SSSR count). The van der Waals surface area contributed by atoms with Gasteiger partial charge in [0, 0.05) is 18.8 Å². The van der Waals surface area contributed by atoms with Crippen LogP contribution in [0.5, 0.6) is 0 Å². The van der Waals surface area contributed by atoms with Gasteiger partial charge in [0.05, 0.1) is 17.9 Å². The summed E-state index contributed by atoms with van der Waals surface area (Å²) in [6.07, 6.45) is 0.253. The molecule has 0 unspecified atom stereocenters. The van der Waals surface area contributed by atoms with Gasteiger partial charge in [-0.1, -0.05) is 18.2 Å². The third kappa shape index (κ3) is 6.40. The molecule has 0 saturated carbocycles. The first-order chi connectivity index (χ1) is 14.0. The van der Waals surface area contributed by atoms with E-state index in [1.54, 1.807) is 42.5 Å². The van der Waals surface area contributed by atoms with E-state index in [0.717, 1.165) is 21.0 Å². The number of amides is 2. The SMILES string of the molecule is Cc1ccc(S(=O)(=O)N(C)CC(=O)Nc2ccc(CC(=O)NC(C)C)cc2)cc1C. The van der Waals surface area contributed by atoms with E-state index < -0.39 is 15.9 Å². The molecule has 0 saturated heterocycles. The first kappa shape index (κ1) is 23.6. The van der Waals surface area contributed by atoms with Gasteiger partial charge >= 0.3 is 0 Å². The molecule has 30 heavy (non-hydrogen) atoms. The van der Waals surface area contributed by atoms with Crippen molar-refractivity contribution >= 4 is 27.5 Å². The maximum absolute atomic E-state index is 12.7. The highest BCUT2D eigenvalue weighted by Gasteiger charge is 2.23. The van der Waals surface area contributed by atoms with Crippen LogP contribution >= 0.6 is 0 Å². The van der Waals surface area contributed by atoms with Crippen molar-refractivity contribution in [2.45, 2.75) is 45.1 Å². The number of aryl methyl sites for hydroxylation is 2. The number of sulfonamides is 1. The van der Waals surface area contributed by atoms with Crippen LogP contribution in [-0.2, 0) is 26.0 Å². The molecule has 0 radical (unpaired) electrons. The molecule has 0 spiro atoms. The molecular weight excluding hydrogens is 402 g/mol. The molecule has 2 N–H and O–H groups in total. The van der Waals surface area contributed by atoms with Crippen LogP contribution in [0, 0.1) is 13.8 Å². The molecule has 0 aliphatic rings. The van der Waals surface area contributed by atoms with Crippen LogP contribution in [0.25, 0.3) is 0 Å². The van der Waals surface area contributed by atoms with Gasteiger partial charge in [0.2, 0.25) is 21.8 Å². The van der Waals surface area contributed by atoms with Crippen LogP contribution in [0.2, 0.25) is 0 Å². The minimum atomic E-state index is -3.77. The van der Waals surface area contributed by atoms with E-state index in [4.69, 9.17) is 0 Å². The van der Waals surface area contributed by atoms with Gasteiger partial charge in [-0.2, -0.15) is 4.31 Å². The first-order valence-electron chi connectivity index (χ1n) is 9.71. The summed E-state index contributed by atoms with van der Waals surface area (Å²) in [7, 11) is -2.39. The molecule has 2 aromatic rings. The summed E-state index contributed by atoms with van der Waals surface area (Å²) in [6, 6.07) is 11.9. The number of hydrogen-bond acceptors (Lipinski definition) is 4. The highest BCUT2D eigenvalue weighted by atomic mass is 32.2. The Kier molecular flexibility index (Phi) is 7.75. The maximum Gasteiger partial charge on any atom is 0.243 e. The van der Waals surface area contributed by atoms with Crippen LogP contribution in [0.4, 0.5) is 5.69 Å². The van der Waals surface area contributed by atoms with Crippen LogP contribution in [0.1, 0.15) is 30.5 Å². The summed E-state index contributed by atoms with van der Waals surface area (Å²) in [5.74, 6) is -0.518. The zero-order valence-electron chi connectivity index (χ0n) is 18.0. The van der Waals surface area contributed by atoms with Crippen molar-refractivity contribution in [2.24, 2.45) is 0 Å². The summed E-state index contributed by atoms with van der Waals surface area (Å²) in [5.41, 5.74) is 3.22. The Bertz CT molecular complexity index is 1020. The molecule has 0 aromatic heterocycles. The standard InChI is InChI=1S/C22H29N3O4S/c1-15(2)23-21(26)13-18-7-9-19(10-8-18)24-22(27)14-25(5)30(28,29)20-11-6-16(3)17(4)12-20/h6-12,15H,13-14H2,1-5H3,(H,23,26)(H,24,27). The molecule has 0 fully saturated rings. The largest absolute Gasteiger partial charge is 0.354 e. The monoisotopic (exact) mass is 431 g/mol. The second-order valence-electron chi connectivity index (χ2n) is 7.65. The van der Waals surface area contributed by atoms with Crippen molar-refractivity contribution in [2.75, 3.05) is 18.9 Å². The van der Waals surface area contributed by atoms with Crippen LogP contribution in [0.15, 0.2) is 47.4 Å². The Labute approximate surface area is 178 Å². The molecule has 2 amide bonds. The molecule has 0 atom stereocenters.